The topological polar surface area (TPSA) is 103 Å². The molecule has 3 atom stereocenters. The molecule has 2 aromatic heterocycles. The van der Waals surface area contributed by atoms with E-state index < -0.39 is 11.7 Å². The van der Waals surface area contributed by atoms with Gasteiger partial charge in [0.15, 0.2) is 0 Å². The Morgan fingerprint density at radius 3 is 2.56 bits per heavy atom. The predicted octanol–water partition coefficient (Wildman–Crippen LogP) is 3.82. The highest BCUT2D eigenvalue weighted by molar-refractivity contribution is 5.73. The molecule has 3 fully saturated rings. The first-order valence-corrected chi connectivity index (χ1v) is 11.5. The van der Waals surface area contributed by atoms with Gasteiger partial charge in [0.1, 0.15) is 17.0 Å². The summed E-state index contributed by atoms with van der Waals surface area (Å²) in [6.07, 6.45) is 3.71. The lowest BCUT2D eigenvalue weighted by Gasteiger charge is -2.44. The summed E-state index contributed by atoms with van der Waals surface area (Å²) >= 11 is 0. The number of rotatable bonds is 5. The van der Waals surface area contributed by atoms with Crippen molar-refractivity contribution < 1.29 is 18.3 Å². The van der Waals surface area contributed by atoms with Gasteiger partial charge >= 0.3 is 6.18 Å². The first kappa shape index (κ1) is 21.3. The fourth-order valence-corrected chi connectivity index (χ4v) is 5.48. The predicted molar refractivity (Wildman–Crippen MR) is 118 cm³/mol. The summed E-state index contributed by atoms with van der Waals surface area (Å²) in [5.41, 5.74) is 0.685. The van der Waals surface area contributed by atoms with Crippen LogP contribution in [0.1, 0.15) is 38.5 Å². The van der Waals surface area contributed by atoms with Crippen molar-refractivity contribution in [3.05, 3.63) is 36.8 Å². The number of hydrogen-bond donors (Lipinski definition) is 3. The van der Waals surface area contributed by atoms with Gasteiger partial charge in [-0.1, -0.05) is 6.07 Å². The molecular formula is C23H24F3N7O. The SMILES string of the molecule is Oc1cc(-c2cn[nH]c2)ccc1-c1cnc(N(C2CC2)[C@@H]2C[C@H]3CC[C@@](C(F)(F)F)(C2)N3)nn1. The van der Waals surface area contributed by atoms with Gasteiger partial charge in [-0.15, -0.1) is 10.2 Å². The Bertz CT molecular complexity index is 1180. The van der Waals surface area contributed by atoms with Crippen LogP contribution in [0.2, 0.25) is 0 Å². The van der Waals surface area contributed by atoms with Gasteiger partial charge in [0.25, 0.3) is 0 Å². The summed E-state index contributed by atoms with van der Waals surface area (Å²) in [4.78, 5) is 6.44. The number of aromatic amines is 1. The van der Waals surface area contributed by atoms with E-state index in [9.17, 15) is 18.3 Å². The Hall–Kier alpha value is -3.21. The summed E-state index contributed by atoms with van der Waals surface area (Å²) in [5, 5.41) is 28.6. The number of nitrogens with zero attached hydrogens (tertiary/aromatic N) is 5. The third-order valence-electron chi connectivity index (χ3n) is 7.30. The molecule has 0 spiro atoms. The average molecular weight is 471 g/mol. The van der Waals surface area contributed by atoms with Crippen molar-refractivity contribution in [2.24, 2.45) is 0 Å². The Morgan fingerprint density at radius 1 is 1.06 bits per heavy atom. The molecule has 11 heteroatoms. The third kappa shape index (κ3) is 3.58. The normalized spacial score (nSPS) is 26.6. The van der Waals surface area contributed by atoms with Crippen molar-refractivity contribution in [2.75, 3.05) is 4.90 Å². The van der Waals surface area contributed by atoms with Crippen molar-refractivity contribution >= 4 is 5.95 Å². The number of benzene rings is 1. The molecule has 1 aliphatic carbocycles. The van der Waals surface area contributed by atoms with E-state index >= 15 is 0 Å². The first-order valence-electron chi connectivity index (χ1n) is 11.5. The molecule has 2 saturated heterocycles. The molecular weight excluding hydrogens is 447 g/mol. The van der Waals surface area contributed by atoms with Crippen molar-refractivity contribution in [3.63, 3.8) is 0 Å². The number of halogens is 3. The maximum atomic E-state index is 13.9. The van der Waals surface area contributed by atoms with Gasteiger partial charge < -0.3 is 15.3 Å². The largest absolute Gasteiger partial charge is 0.507 e. The highest BCUT2D eigenvalue weighted by Gasteiger charge is 2.62. The number of alkyl halides is 3. The minimum Gasteiger partial charge on any atom is -0.507 e. The second-order valence-electron chi connectivity index (χ2n) is 9.55. The van der Waals surface area contributed by atoms with Crippen molar-refractivity contribution in [3.8, 4) is 28.1 Å². The molecule has 34 heavy (non-hydrogen) atoms. The Balaban J connectivity index is 1.26. The highest BCUT2D eigenvalue weighted by Crippen LogP contribution is 2.49. The molecule has 1 saturated carbocycles. The Kier molecular flexibility index (Phi) is 4.80. The van der Waals surface area contributed by atoms with E-state index in [4.69, 9.17) is 0 Å². The number of hydrogen-bond acceptors (Lipinski definition) is 7. The monoisotopic (exact) mass is 471 g/mol. The minimum atomic E-state index is -4.29. The van der Waals surface area contributed by atoms with Gasteiger partial charge in [-0.3, -0.25) is 5.10 Å². The molecule has 3 N–H and O–H groups in total. The summed E-state index contributed by atoms with van der Waals surface area (Å²) in [6.45, 7) is 0. The number of fused-ring (bicyclic) bond motifs is 2. The van der Waals surface area contributed by atoms with Crippen LogP contribution in [0.25, 0.3) is 22.4 Å². The van der Waals surface area contributed by atoms with E-state index in [1.54, 1.807) is 24.5 Å². The minimum absolute atomic E-state index is 0.00905. The molecule has 1 aromatic carbocycles. The van der Waals surface area contributed by atoms with Crippen molar-refractivity contribution in [2.45, 2.75) is 68.4 Å². The molecule has 4 heterocycles. The van der Waals surface area contributed by atoms with Crippen LogP contribution >= 0.6 is 0 Å². The van der Waals surface area contributed by atoms with Crippen LogP contribution in [-0.4, -0.2) is 60.3 Å². The molecule has 0 unspecified atom stereocenters. The number of nitrogens with one attached hydrogen (secondary N) is 2. The van der Waals surface area contributed by atoms with E-state index in [0.717, 1.165) is 24.0 Å². The van der Waals surface area contributed by atoms with E-state index in [1.165, 1.54) is 6.20 Å². The summed E-state index contributed by atoms with van der Waals surface area (Å²) < 4.78 is 41.8. The average Bonchev–Trinajstić information content (AvgIpc) is 3.36. The van der Waals surface area contributed by atoms with Crippen LogP contribution in [-0.2, 0) is 0 Å². The third-order valence-corrected chi connectivity index (χ3v) is 7.30. The first-order chi connectivity index (χ1) is 16.3. The lowest BCUT2D eigenvalue weighted by Crippen LogP contribution is -2.62. The molecule has 178 valence electrons. The zero-order valence-electron chi connectivity index (χ0n) is 18.3. The van der Waals surface area contributed by atoms with E-state index in [-0.39, 0.29) is 36.7 Å². The molecule has 3 aromatic rings. The standard InChI is InChI=1S/C23H24F3N7O/c24-23(25,26)22-6-5-15(30-22)8-17(9-22)33(16-2-3-16)21-27-12-19(31-32-21)18-4-1-13(7-20(18)34)14-10-28-29-11-14/h1,4,7,10-12,15-17,30,34H,2-3,5-6,8-9H2,(H,28,29)/t15-,17-,22+/m1/s1. The smallest absolute Gasteiger partial charge is 0.406 e. The number of aromatic nitrogens is 5. The fraction of sp³-hybridized carbons (Fsp3) is 0.478. The van der Waals surface area contributed by atoms with Gasteiger partial charge in [-0.25, -0.2) is 4.98 Å². The summed E-state index contributed by atoms with van der Waals surface area (Å²) in [7, 11) is 0. The molecule has 0 amide bonds. The maximum Gasteiger partial charge on any atom is 0.406 e. The Morgan fingerprint density at radius 2 is 1.91 bits per heavy atom. The van der Waals surface area contributed by atoms with Crippen LogP contribution in [0, 0.1) is 0 Å². The summed E-state index contributed by atoms with van der Waals surface area (Å²) in [5.74, 6) is 0.382. The van der Waals surface area contributed by atoms with Crippen LogP contribution in [0.4, 0.5) is 19.1 Å². The van der Waals surface area contributed by atoms with Gasteiger partial charge in [0, 0.05) is 35.4 Å². The molecule has 2 bridgehead atoms. The number of piperidine rings is 1. The quantitative estimate of drug-likeness (QED) is 0.520. The highest BCUT2D eigenvalue weighted by atomic mass is 19.4. The van der Waals surface area contributed by atoms with E-state index in [0.29, 0.717) is 30.0 Å². The van der Waals surface area contributed by atoms with Crippen LogP contribution in [0.15, 0.2) is 36.8 Å². The fourth-order valence-electron chi connectivity index (χ4n) is 5.48. The maximum absolute atomic E-state index is 13.9. The summed E-state index contributed by atoms with van der Waals surface area (Å²) in [6, 6.07) is 4.89. The number of aromatic hydroxyl groups is 1. The van der Waals surface area contributed by atoms with Gasteiger partial charge in [0.2, 0.25) is 5.95 Å². The second kappa shape index (κ2) is 7.66. The number of H-pyrrole nitrogens is 1. The van der Waals surface area contributed by atoms with Crippen LogP contribution in [0.3, 0.4) is 0 Å². The van der Waals surface area contributed by atoms with Crippen LogP contribution < -0.4 is 10.2 Å². The molecule has 8 nitrogen and oxygen atoms in total. The van der Waals surface area contributed by atoms with Crippen molar-refractivity contribution in [1.29, 1.82) is 0 Å². The zero-order valence-corrected chi connectivity index (χ0v) is 18.3. The van der Waals surface area contributed by atoms with Crippen molar-refractivity contribution in [1.82, 2.24) is 30.7 Å². The Labute approximate surface area is 193 Å². The number of phenolic OH excluding ortho intramolecular Hbond substituents is 1. The lowest BCUT2D eigenvalue weighted by atomic mass is 9.86. The van der Waals surface area contributed by atoms with Gasteiger partial charge in [0.05, 0.1) is 12.4 Å². The number of phenols is 1. The number of anilines is 1. The molecule has 3 aliphatic rings. The zero-order chi connectivity index (χ0) is 23.5. The van der Waals surface area contributed by atoms with Crippen LogP contribution in [0.5, 0.6) is 5.75 Å². The molecule has 0 radical (unpaired) electrons. The van der Waals surface area contributed by atoms with E-state index in [2.05, 4.69) is 30.7 Å². The van der Waals surface area contributed by atoms with Gasteiger partial charge in [-0.2, -0.15) is 18.3 Å². The lowest BCUT2D eigenvalue weighted by molar-refractivity contribution is -0.199. The van der Waals surface area contributed by atoms with Gasteiger partial charge in [-0.05, 0) is 56.2 Å². The second-order valence-corrected chi connectivity index (χ2v) is 9.55. The molecule has 2 aliphatic heterocycles. The molecule has 6 rings (SSSR count). The van der Waals surface area contributed by atoms with E-state index in [1.807, 2.05) is 11.0 Å².